The number of nitrogens with one attached hydrogen (secondary N) is 1. The molecule has 110 valence electrons. The molecule has 0 bridgehead atoms. The van der Waals surface area contributed by atoms with Gasteiger partial charge in [0, 0.05) is 16.6 Å². The van der Waals surface area contributed by atoms with Crippen LogP contribution in [0.2, 0.25) is 5.02 Å². The third-order valence-electron chi connectivity index (χ3n) is 3.51. The molecule has 2 N–H and O–H groups in total. The van der Waals surface area contributed by atoms with Crippen molar-refractivity contribution in [1.82, 2.24) is 0 Å². The summed E-state index contributed by atoms with van der Waals surface area (Å²) in [4.78, 5) is 23.4. The first-order valence-corrected chi connectivity index (χ1v) is 7.50. The highest BCUT2D eigenvalue weighted by Gasteiger charge is 2.37. The summed E-state index contributed by atoms with van der Waals surface area (Å²) in [5, 5.41) is 12.5. The summed E-state index contributed by atoms with van der Waals surface area (Å²) < 4.78 is 0.735. The van der Waals surface area contributed by atoms with Crippen LogP contribution in [0.15, 0.2) is 22.7 Å². The predicted molar refractivity (Wildman–Crippen MR) is 83.0 cm³/mol. The Balaban J connectivity index is 2.80. The highest BCUT2D eigenvalue weighted by atomic mass is 79.9. The van der Waals surface area contributed by atoms with Gasteiger partial charge in [-0.15, -0.1) is 0 Å². The van der Waals surface area contributed by atoms with Crippen molar-refractivity contribution in [3.05, 3.63) is 27.7 Å². The van der Waals surface area contributed by atoms with Crippen molar-refractivity contribution < 1.29 is 14.7 Å². The van der Waals surface area contributed by atoms with Crippen molar-refractivity contribution in [2.24, 2.45) is 5.41 Å². The fraction of sp³-hybridized carbons (Fsp3) is 0.429. The van der Waals surface area contributed by atoms with E-state index in [-0.39, 0.29) is 12.3 Å². The van der Waals surface area contributed by atoms with E-state index in [0.717, 1.165) is 4.47 Å². The molecule has 4 nitrogen and oxygen atoms in total. The maximum Gasteiger partial charge on any atom is 0.310 e. The highest BCUT2D eigenvalue weighted by molar-refractivity contribution is 9.10. The minimum Gasteiger partial charge on any atom is -0.481 e. The third kappa shape index (κ3) is 3.96. The van der Waals surface area contributed by atoms with Crippen LogP contribution < -0.4 is 5.32 Å². The van der Waals surface area contributed by atoms with Crippen molar-refractivity contribution in [2.75, 3.05) is 5.32 Å². The first kappa shape index (κ1) is 17.0. The smallest absolute Gasteiger partial charge is 0.310 e. The lowest BCUT2D eigenvalue weighted by atomic mass is 9.79. The topological polar surface area (TPSA) is 66.4 Å². The molecule has 0 atom stereocenters. The molecule has 1 aromatic rings. The van der Waals surface area contributed by atoms with Gasteiger partial charge in [-0.25, -0.2) is 0 Å². The van der Waals surface area contributed by atoms with Gasteiger partial charge in [0.25, 0.3) is 0 Å². The summed E-state index contributed by atoms with van der Waals surface area (Å²) in [6.07, 6.45) is 0.768. The zero-order valence-electron chi connectivity index (χ0n) is 11.4. The average molecular weight is 363 g/mol. The van der Waals surface area contributed by atoms with Crippen molar-refractivity contribution in [3.8, 4) is 0 Å². The standard InChI is InChI=1S/C14H17BrClNO3/c1-3-14(4-2,13(19)20)8-12(18)17-9-5-6-10(15)11(16)7-9/h5-7H,3-4,8H2,1-2H3,(H,17,18)(H,19,20). The molecule has 0 radical (unpaired) electrons. The first-order chi connectivity index (χ1) is 9.34. The normalized spacial score (nSPS) is 11.2. The molecular weight excluding hydrogens is 346 g/mol. The summed E-state index contributed by atoms with van der Waals surface area (Å²) in [6, 6.07) is 5.04. The minimum atomic E-state index is -1.01. The Bertz CT molecular complexity index is 515. The van der Waals surface area contributed by atoms with Crippen LogP contribution in [0.3, 0.4) is 0 Å². The lowest BCUT2D eigenvalue weighted by Crippen LogP contribution is -2.34. The second kappa shape index (κ2) is 7.09. The maximum atomic E-state index is 12.0. The van der Waals surface area contributed by atoms with Crippen LogP contribution in [-0.2, 0) is 9.59 Å². The van der Waals surface area contributed by atoms with Crippen LogP contribution in [0.1, 0.15) is 33.1 Å². The van der Waals surface area contributed by atoms with E-state index in [4.69, 9.17) is 11.6 Å². The number of carboxylic acid groups (broad SMARTS) is 1. The molecule has 1 rings (SSSR count). The van der Waals surface area contributed by atoms with Crippen molar-refractivity contribution in [1.29, 1.82) is 0 Å². The molecule has 0 saturated heterocycles. The molecule has 0 aliphatic rings. The first-order valence-electron chi connectivity index (χ1n) is 6.33. The Labute approximate surface area is 131 Å². The SMILES string of the molecule is CCC(CC)(CC(=O)Nc1ccc(Br)c(Cl)c1)C(=O)O. The number of hydrogen-bond acceptors (Lipinski definition) is 2. The van der Waals surface area contributed by atoms with Crippen molar-refractivity contribution >= 4 is 45.1 Å². The summed E-state index contributed by atoms with van der Waals surface area (Å²) in [5.41, 5.74) is -0.460. The van der Waals surface area contributed by atoms with Crippen LogP contribution in [-0.4, -0.2) is 17.0 Å². The minimum absolute atomic E-state index is 0.0526. The predicted octanol–water partition coefficient (Wildman–Crippen LogP) is 4.32. The monoisotopic (exact) mass is 361 g/mol. The third-order valence-corrected chi connectivity index (χ3v) is 4.74. The van der Waals surface area contributed by atoms with Crippen molar-refractivity contribution in [2.45, 2.75) is 33.1 Å². The van der Waals surface area contributed by atoms with Gasteiger partial charge in [-0.3, -0.25) is 9.59 Å². The number of anilines is 1. The van der Waals surface area contributed by atoms with Gasteiger partial charge in [0.2, 0.25) is 5.91 Å². The molecule has 6 heteroatoms. The highest BCUT2D eigenvalue weighted by Crippen LogP contribution is 2.32. The van der Waals surface area contributed by atoms with Gasteiger partial charge in [0.05, 0.1) is 10.4 Å². The number of aliphatic carboxylic acids is 1. The number of rotatable bonds is 6. The van der Waals surface area contributed by atoms with Gasteiger partial charge in [-0.1, -0.05) is 25.4 Å². The summed E-state index contributed by atoms with van der Waals surface area (Å²) in [6.45, 7) is 3.56. The molecule has 0 unspecified atom stereocenters. The molecule has 20 heavy (non-hydrogen) atoms. The van der Waals surface area contributed by atoms with E-state index < -0.39 is 11.4 Å². The molecule has 0 spiro atoms. The van der Waals surface area contributed by atoms with E-state index in [1.165, 1.54) is 0 Å². The second-order valence-corrected chi connectivity index (χ2v) is 5.91. The maximum absolute atomic E-state index is 12.0. The van der Waals surface area contributed by atoms with E-state index in [2.05, 4.69) is 21.2 Å². The second-order valence-electron chi connectivity index (χ2n) is 4.65. The fourth-order valence-electron chi connectivity index (χ4n) is 1.96. The summed E-state index contributed by atoms with van der Waals surface area (Å²) >= 11 is 9.21. The lowest BCUT2D eigenvalue weighted by Gasteiger charge is -2.25. The van der Waals surface area contributed by atoms with E-state index in [9.17, 15) is 14.7 Å². The van der Waals surface area contributed by atoms with Gasteiger partial charge in [-0.2, -0.15) is 0 Å². The van der Waals surface area contributed by atoms with Crippen LogP contribution in [0.5, 0.6) is 0 Å². The van der Waals surface area contributed by atoms with E-state index in [1.807, 2.05) is 0 Å². The zero-order valence-corrected chi connectivity index (χ0v) is 13.7. The fourth-order valence-corrected chi connectivity index (χ4v) is 2.39. The van der Waals surface area contributed by atoms with Crippen LogP contribution in [0.4, 0.5) is 5.69 Å². The molecule has 0 aromatic heterocycles. The number of carboxylic acids is 1. The number of amides is 1. The van der Waals surface area contributed by atoms with Gasteiger partial charge in [0.15, 0.2) is 0 Å². The van der Waals surface area contributed by atoms with Gasteiger partial charge in [0.1, 0.15) is 0 Å². The molecular formula is C14H17BrClNO3. The Morgan fingerprint density at radius 3 is 2.40 bits per heavy atom. The largest absolute Gasteiger partial charge is 0.481 e. The Morgan fingerprint density at radius 1 is 1.35 bits per heavy atom. The van der Waals surface area contributed by atoms with E-state index in [0.29, 0.717) is 23.6 Å². The number of benzene rings is 1. The van der Waals surface area contributed by atoms with Crippen LogP contribution in [0.25, 0.3) is 0 Å². The summed E-state index contributed by atoms with van der Waals surface area (Å²) in [7, 11) is 0. The van der Waals surface area contributed by atoms with E-state index in [1.54, 1.807) is 32.0 Å². The Morgan fingerprint density at radius 2 is 1.95 bits per heavy atom. The molecule has 1 amide bonds. The van der Waals surface area contributed by atoms with Crippen molar-refractivity contribution in [3.63, 3.8) is 0 Å². The van der Waals surface area contributed by atoms with Crippen LogP contribution >= 0.6 is 27.5 Å². The molecule has 1 aromatic carbocycles. The van der Waals surface area contributed by atoms with Crippen LogP contribution in [0, 0.1) is 5.41 Å². The average Bonchev–Trinajstić information content (AvgIpc) is 2.40. The Kier molecular flexibility index (Phi) is 6.02. The molecule has 0 aliphatic carbocycles. The Hall–Kier alpha value is -1.07. The quantitative estimate of drug-likeness (QED) is 0.792. The van der Waals surface area contributed by atoms with Gasteiger partial charge in [-0.05, 0) is 47.0 Å². The van der Waals surface area contributed by atoms with Gasteiger partial charge >= 0.3 is 5.97 Å². The van der Waals surface area contributed by atoms with Gasteiger partial charge < -0.3 is 10.4 Å². The zero-order chi connectivity index (χ0) is 15.3. The van der Waals surface area contributed by atoms with E-state index >= 15 is 0 Å². The molecule has 0 heterocycles. The summed E-state index contributed by atoms with van der Waals surface area (Å²) in [5.74, 6) is -1.26. The molecule has 0 fully saturated rings. The molecule has 0 saturated carbocycles. The lowest BCUT2D eigenvalue weighted by molar-refractivity contribution is -0.151. The number of halogens is 2. The number of carbonyl (C=O) groups excluding carboxylic acids is 1. The molecule has 0 aliphatic heterocycles. The number of hydrogen-bond donors (Lipinski definition) is 2. The number of carbonyl (C=O) groups is 2.